The summed E-state index contributed by atoms with van der Waals surface area (Å²) in [7, 11) is -3.18. The summed E-state index contributed by atoms with van der Waals surface area (Å²) in [6.07, 6.45) is 3.73. The van der Waals surface area contributed by atoms with E-state index in [-0.39, 0.29) is 17.9 Å². The van der Waals surface area contributed by atoms with Crippen molar-refractivity contribution in [3.05, 3.63) is 0 Å². The Morgan fingerprint density at radius 2 is 2.17 bits per heavy atom. The Balaban J connectivity index is 2.21. The lowest BCUT2D eigenvalue weighted by Gasteiger charge is -2.19. The zero-order chi connectivity index (χ0) is 13.4. The largest absolute Gasteiger partial charge is 0.377 e. The van der Waals surface area contributed by atoms with Crippen LogP contribution < -0.4 is 10.0 Å². The highest BCUT2D eigenvalue weighted by Gasteiger charge is 2.25. The second kappa shape index (κ2) is 8.09. The molecule has 1 aliphatic heterocycles. The van der Waals surface area contributed by atoms with Crippen LogP contribution in [0.5, 0.6) is 0 Å². The fourth-order valence-electron chi connectivity index (χ4n) is 2.10. The number of sulfonamides is 1. The number of hydrogen-bond donors (Lipinski definition) is 2. The summed E-state index contributed by atoms with van der Waals surface area (Å²) in [4.78, 5) is 0. The highest BCUT2D eigenvalue weighted by atomic mass is 32.2. The van der Waals surface area contributed by atoms with Crippen LogP contribution in [0.25, 0.3) is 0 Å². The van der Waals surface area contributed by atoms with Crippen molar-refractivity contribution in [3.63, 3.8) is 0 Å². The van der Waals surface area contributed by atoms with Crippen molar-refractivity contribution >= 4 is 10.0 Å². The molecule has 0 aromatic carbocycles. The molecule has 2 N–H and O–H groups in total. The van der Waals surface area contributed by atoms with Gasteiger partial charge in [0.05, 0.1) is 11.9 Å². The molecule has 108 valence electrons. The summed E-state index contributed by atoms with van der Waals surface area (Å²) >= 11 is 0. The van der Waals surface area contributed by atoms with Crippen LogP contribution in [-0.2, 0) is 14.8 Å². The molecule has 0 saturated carbocycles. The Labute approximate surface area is 111 Å². The minimum Gasteiger partial charge on any atom is -0.377 e. The van der Waals surface area contributed by atoms with Crippen molar-refractivity contribution < 1.29 is 13.2 Å². The van der Waals surface area contributed by atoms with Crippen molar-refractivity contribution in [2.75, 3.05) is 25.4 Å². The van der Waals surface area contributed by atoms with Gasteiger partial charge >= 0.3 is 0 Å². The first-order valence-electron chi connectivity index (χ1n) is 6.87. The van der Waals surface area contributed by atoms with Crippen LogP contribution >= 0.6 is 0 Å². The van der Waals surface area contributed by atoms with E-state index in [0.717, 1.165) is 39.0 Å². The quantitative estimate of drug-likeness (QED) is 0.614. The molecule has 6 heteroatoms. The predicted octanol–water partition coefficient (Wildman–Crippen LogP) is 0.863. The second-order valence-electron chi connectivity index (χ2n) is 4.88. The molecule has 0 amide bonds. The lowest BCUT2D eigenvalue weighted by Crippen LogP contribution is -2.42. The van der Waals surface area contributed by atoms with Crippen molar-refractivity contribution in [1.82, 2.24) is 10.0 Å². The third-order valence-electron chi connectivity index (χ3n) is 3.08. The number of nitrogens with one attached hydrogen (secondary N) is 2. The maximum atomic E-state index is 11.8. The molecule has 1 fully saturated rings. The van der Waals surface area contributed by atoms with Crippen molar-refractivity contribution in [3.8, 4) is 0 Å². The molecule has 0 aliphatic carbocycles. The van der Waals surface area contributed by atoms with E-state index in [1.54, 1.807) is 0 Å². The van der Waals surface area contributed by atoms with Gasteiger partial charge in [-0.3, -0.25) is 0 Å². The first-order chi connectivity index (χ1) is 8.55. The molecule has 0 aromatic heterocycles. The van der Waals surface area contributed by atoms with Gasteiger partial charge in [0.1, 0.15) is 0 Å². The van der Waals surface area contributed by atoms with Crippen LogP contribution in [-0.4, -0.2) is 46.0 Å². The molecular weight excluding hydrogens is 252 g/mol. The first-order valence-corrected chi connectivity index (χ1v) is 8.52. The zero-order valence-corrected chi connectivity index (χ0v) is 12.3. The molecule has 2 atom stereocenters. The SMILES string of the molecule is CCCNCCCS(=O)(=O)NC(C)C1CCCO1. The van der Waals surface area contributed by atoms with Gasteiger partial charge in [0.2, 0.25) is 10.0 Å². The zero-order valence-electron chi connectivity index (χ0n) is 11.4. The lowest BCUT2D eigenvalue weighted by molar-refractivity contribution is 0.0902. The maximum Gasteiger partial charge on any atom is 0.211 e. The van der Waals surface area contributed by atoms with E-state index in [2.05, 4.69) is 17.0 Å². The predicted molar refractivity (Wildman–Crippen MR) is 73.1 cm³/mol. The Kier molecular flexibility index (Phi) is 7.14. The second-order valence-corrected chi connectivity index (χ2v) is 6.75. The monoisotopic (exact) mass is 278 g/mol. The normalized spacial score (nSPS) is 22.2. The first kappa shape index (κ1) is 15.9. The summed E-state index contributed by atoms with van der Waals surface area (Å²) in [5, 5.41) is 3.20. The van der Waals surface area contributed by atoms with E-state index in [9.17, 15) is 8.42 Å². The van der Waals surface area contributed by atoms with Crippen molar-refractivity contribution in [1.29, 1.82) is 0 Å². The lowest BCUT2D eigenvalue weighted by atomic mass is 10.1. The molecule has 18 heavy (non-hydrogen) atoms. The topological polar surface area (TPSA) is 67.4 Å². The Morgan fingerprint density at radius 1 is 1.39 bits per heavy atom. The van der Waals surface area contributed by atoms with E-state index in [1.165, 1.54) is 0 Å². The molecular formula is C12H26N2O3S. The number of ether oxygens (including phenoxy) is 1. The van der Waals surface area contributed by atoms with Gasteiger partial charge in [-0.1, -0.05) is 6.92 Å². The van der Waals surface area contributed by atoms with Gasteiger partial charge in [0.15, 0.2) is 0 Å². The maximum absolute atomic E-state index is 11.8. The van der Waals surface area contributed by atoms with Crippen LogP contribution in [0.3, 0.4) is 0 Å². The van der Waals surface area contributed by atoms with Crippen molar-refractivity contribution in [2.45, 2.75) is 51.7 Å². The molecule has 1 saturated heterocycles. The van der Waals surface area contributed by atoms with Crippen LogP contribution in [0.15, 0.2) is 0 Å². The van der Waals surface area contributed by atoms with Crippen LogP contribution in [0.4, 0.5) is 0 Å². The molecule has 0 aromatic rings. The van der Waals surface area contributed by atoms with Gasteiger partial charge < -0.3 is 10.1 Å². The Bertz CT molecular complexity index is 313. The molecule has 0 spiro atoms. The summed E-state index contributed by atoms with van der Waals surface area (Å²) < 4.78 is 31.9. The van der Waals surface area contributed by atoms with Gasteiger partial charge in [0.25, 0.3) is 0 Å². The van der Waals surface area contributed by atoms with Gasteiger partial charge in [-0.05, 0) is 45.7 Å². The molecule has 1 aliphatic rings. The molecule has 2 unspecified atom stereocenters. The average molecular weight is 278 g/mol. The smallest absolute Gasteiger partial charge is 0.211 e. The molecule has 1 heterocycles. The highest BCUT2D eigenvalue weighted by Crippen LogP contribution is 2.15. The van der Waals surface area contributed by atoms with E-state index >= 15 is 0 Å². The standard InChI is InChI=1S/C12H26N2O3S/c1-3-7-13-8-5-10-18(15,16)14-11(2)12-6-4-9-17-12/h11-14H,3-10H2,1-2H3. The summed E-state index contributed by atoms with van der Waals surface area (Å²) in [5.41, 5.74) is 0. The molecule has 0 bridgehead atoms. The Morgan fingerprint density at radius 3 is 2.78 bits per heavy atom. The summed E-state index contributed by atoms with van der Waals surface area (Å²) in [6.45, 7) is 6.41. The Hall–Kier alpha value is -0.170. The third kappa shape index (κ3) is 6.13. The van der Waals surface area contributed by atoms with Crippen LogP contribution in [0.2, 0.25) is 0 Å². The number of hydrogen-bond acceptors (Lipinski definition) is 4. The summed E-state index contributed by atoms with van der Waals surface area (Å²) in [5.74, 6) is 0.181. The van der Waals surface area contributed by atoms with Crippen LogP contribution in [0.1, 0.15) is 39.5 Å². The minimum atomic E-state index is -3.18. The van der Waals surface area contributed by atoms with Crippen molar-refractivity contribution in [2.24, 2.45) is 0 Å². The summed E-state index contributed by atoms with van der Waals surface area (Å²) in [6, 6.07) is -0.124. The van der Waals surface area contributed by atoms with Gasteiger partial charge in [0, 0.05) is 12.6 Å². The number of rotatable bonds is 9. The molecule has 1 rings (SSSR count). The van der Waals surface area contributed by atoms with Gasteiger partial charge in [-0.2, -0.15) is 0 Å². The van der Waals surface area contributed by atoms with E-state index in [4.69, 9.17) is 4.74 Å². The minimum absolute atomic E-state index is 0.0398. The fraction of sp³-hybridized carbons (Fsp3) is 1.00. The third-order valence-corrected chi connectivity index (χ3v) is 4.64. The van der Waals surface area contributed by atoms with E-state index in [0.29, 0.717) is 6.42 Å². The van der Waals surface area contributed by atoms with Crippen LogP contribution in [0, 0.1) is 0 Å². The van der Waals surface area contributed by atoms with Gasteiger partial charge in [-0.25, -0.2) is 13.1 Å². The van der Waals surface area contributed by atoms with Gasteiger partial charge in [-0.15, -0.1) is 0 Å². The molecule has 5 nitrogen and oxygen atoms in total. The fourth-order valence-corrected chi connectivity index (χ4v) is 3.46. The van der Waals surface area contributed by atoms with E-state index < -0.39 is 10.0 Å². The highest BCUT2D eigenvalue weighted by molar-refractivity contribution is 7.89. The molecule has 0 radical (unpaired) electrons. The van der Waals surface area contributed by atoms with E-state index in [1.807, 2.05) is 6.92 Å². The average Bonchev–Trinajstić information content (AvgIpc) is 2.81.